The molecule has 0 aliphatic carbocycles. The van der Waals surface area contributed by atoms with Gasteiger partial charge in [-0.2, -0.15) is 0 Å². The summed E-state index contributed by atoms with van der Waals surface area (Å²) in [6.07, 6.45) is 3.78. The third kappa shape index (κ3) is 1.82. The Balaban J connectivity index is 2.74. The molecule has 0 N–H and O–H groups in total. The summed E-state index contributed by atoms with van der Waals surface area (Å²) in [5, 5.41) is -0.0208. The molecule has 0 radical (unpaired) electrons. The van der Waals surface area contributed by atoms with Gasteiger partial charge in [-0.05, 0) is 18.8 Å². The first-order valence-corrected chi connectivity index (χ1v) is 6.55. The standard InChI is InChI=1S/C9H18O2S/c1-3-8(4-2)9-6-5-7-12(9,10)11/h8-9H,3-7H2,1-2H3. The summed E-state index contributed by atoms with van der Waals surface area (Å²) in [4.78, 5) is 0. The lowest BCUT2D eigenvalue weighted by molar-refractivity contribution is 0.445. The van der Waals surface area contributed by atoms with Gasteiger partial charge in [0, 0.05) is 0 Å². The second-order valence-corrected chi connectivity index (χ2v) is 5.96. The molecule has 1 heterocycles. The van der Waals surface area contributed by atoms with E-state index in [2.05, 4.69) is 13.8 Å². The monoisotopic (exact) mass is 190 g/mol. The zero-order chi connectivity index (χ0) is 9.19. The van der Waals surface area contributed by atoms with Crippen molar-refractivity contribution in [1.29, 1.82) is 0 Å². The second-order valence-electron chi connectivity index (χ2n) is 3.62. The van der Waals surface area contributed by atoms with Crippen molar-refractivity contribution in [1.82, 2.24) is 0 Å². The van der Waals surface area contributed by atoms with Crippen LogP contribution >= 0.6 is 0 Å². The van der Waals surface area contributed by atoms with Crippen LogP contribution in [0.1, 0.15) is 39.5 Å². The largest absolute Gasteiger partial charge is 0.229 e. The van der Waals surface area contributed by atoms with Gasteiger partial charge in [0.1, 0.15) is 0 Å². The van der Waals surface area contributed by atoms with Crippen LogP contribution in [0.25, 0.3) is 0 Å². The zero-order valence-electron chi connectivity index (χ0n) is 7.91. The van der Waals surface area contributed by atoms with Crippen LogP contribution in [-0.4, -0.2) is 19.4 Å². The lowest BCUT2D eigenvalue weighted by Crippen LogP contribution is -2.25. The molecule has 1 atom stereocenters. The van der Waals surface area contributed by atoms with Gasteiger partial charge in [0.2, 0.25) is 0 Å². The highest BCUT2D eigenvalue weighted by molar-refractivity contribution is 7.92. The van der Waals surface area contributed by atoms with Gasteiger partial charge in [-0.3, -0.25) is 0 Å². The first-order chi connectivity index (χ1) is 5.61. The molecular weight excluding hydrogens is 172 g/mol. The van der Waals surface area contributed by atoms with Crippen molar-refractivity contribution in [2.24, 2.45) is 5.92 Å². The van der Waals surface area contributed by atoms with E-state index in [1.807, 2.05) is 0 Å². The van der Waals surface area contributed by atoms with Crippen LogP contribution in [0.2, 0.25) is 0 Å². The van der Waals surface area contributed by atoms with Gasteiger partial charge in [-0.25, -0.2) is 8.42 Å². The van der Waals surface area contributed by atoms with Crippen molar-refractivity contribution in [2.75, 3.05) is 5.75 Å². The topological polar surface area (TPSA) is 34.1 Å². The third-order valence-corrected chi connectivity index (χ3v) is 5.35. The Morgan fingerprint density at radius 3 is 2.25 bits per heavy atom. The average molecular weight is 190 g/mol. The Bertz CT molecular complexity index is 227. The second kappa shape index (κ2) is 3.77. The molecule has 0 amide bonds. The molecule has 0 aromatic carbocycles. The first kappa shape index (κ1) is 10.0. The highest BCUT2D eigenvalue weighted by Crippen LogP contribution is 2.30. The number of rotatable bonds is 3. The molecule has 3 heteroatoms. The maximum absolute atomic E-state index is 11.5. The van der Waals surface area contributed by atoms with Crippen molar-refractivity contribution in [3.05, 3.63) is 0 Å². The van der Waals surface area contributed by atoms with Gasteiger partial charge in [0.25, 0.3) is 0 Å². The fourth-order valence-corrected chi connectivity index (χ4v) is 4.53. The molecule has 1 saturated heterocycles. The van der Waals surface area contributed by atoms with Crippen molar-refractivity contribution in [3.63, 3.8) is 0 Å². The van der Waals surface area contributed by atoms with Crippen molar-refractivity contribution in [2.45, 2.75) is 44.8 Å². The summed E-state index contributed by atoms with van der Waals surface area (Å²) in [5.41, 5.74) is 0. The number of sulfone groups is 1. The Morgan fingerprint density at radius 2 is 1.92 bits per heavy atom. The van der Waals surface area contributed by atoms with Crippen LogP contribution < -0.4 is 0 Å². The van der Waals surface area contributed by atoms with E-state index in [1.165, 1.54) is 0 Å². The highest BCUT2D eigenvalue weighted by Gasteiger charge is 2.35. The lowest BCUT2D eigenvalue weighted by atomic mass is 9.96. The van der Waals surface area contributed by atoms with Gasteiger partial charge in [-0.1, -0.05) is 26.7 Å². The SMILES string of the molecule is CCC(CC)C1CCCS1(=O)=O. The minimum Gasteiger partial charge on any atom is -0.229 e. The van der Waals surface area contributed by atoms with E-state index >= 15 is 0 Å². The molecule has 72 valence electrons. The molecule has 1 unspecified atom stereocenters. The normalized spacial score (nSPS) is 28.1. The van der Waals surface area contributed by atoms with Crippen LogP contribution in [-0.2, 0) is 9.84 Å². The van der Waals surface area contributed by atoms with Gasteiger partial charge in [0.15, 0.2) is 9.84 Å². The van der Waals surface area contributed by atoms with E-state index in [1.54, 1.807) is 0 Å². The fourth-order valence-electron chi connectivity index (χ4n) is 2.16. The van der Waals surface area contributed by atoms with Crippen LogP contribution in [0.15, 0.2) is 0 Å². The number of hydrogen-bond donors (Lipinski definition) is 0. The molecule has 1 aliphatic heterocycles. The molecule has 0 aromatic heterocycles. The molecule has 0 bridgehead atoms. The van der Waals surface area contributed by atoms with Crippen molar-refractivity contribution >= 4 is 9.84 Å². The predicted octanol–water partition coefficient (Wildman–Crippen LogP) is 2.00. The molecule has 1 fully saturated rings. The summed E-state index contributed by atoms with van der Waals surface area (Å²) in [6, 6.07) is 0. The Labute approximate surface area is 75.3 Å². The minimum atomic E-state index is -2.71. The molecule has 0 aromatic rings. The van der Waals surface area contributed by atoms with Crippen molar-refractivity contribution in [3.8, 4) is 0 Å². The fraction of sp³-hybridized carbons (Fsp3) is 1.00. The molecule has 0 spiro atoms. The van der Waals surface area contributed by atoms with E-state index in [0.29, 0.717) is 11.7 Å². The summed E-state index contributed by atoms with van der Waals surface area (Å²) in [6.45, 7) is 4.17. The Kier molecular flexibility index (Phi) is 3.16. The summed E-state index contributed by atoms with van der Waals surface area (Å²) < 4.78 is 23.0. The van der Waals surface area contributed by atoms with Crippen LogP contribution in [0, 0.1) is 5.92 Å². The van der Waals surface area contributed by atoms with E-state index in [4.69, 9.17) is 0 Å². The van der Waals surface area contributed by atoms with E-state index in [9.17, 15) is 8.42 Å². The smallest absolute Gasteiger partial charge is 0.153 e. The average Bonchev–Trinajstić information content (AvgIpc) is 2.34. The third-order valence-electron chi connectivity index (χ3n) is 2.95. The molecular formula is C9H18O2S. The maximum Gasteiger partial charge on any atom is 0.153 e. The summed E-state index contributed by atoms with van der Waals surface area (Å²) in [5.74, 6) is 0.825. The Hall–Kier alpha value is -0.0500. The van der Waals surface area contributed by atoms with E-state index < -0.39 is 9.84 Å². The molecule has 1 rings (SSSR count). The van der Waals surface area contributed by atoms with Crippen LogP contribution in [0.3, 0.4) is 0 Å². The zero-order valence-corrected chi connectivity index (χ0v) is 8.73. The molecule has 1 aliphatic rings. The van der Waals surface area contributed by atoms with Crippen LogP contribution in [0.4, 0.5) is 0 Å². The van der Waals surface area contributed by atoms with Crippen LogP contribution in [0.5, 0.6) is 0 Å². The molecule has 12 heavy (non-hydrogen) atoms. The Morgan fingerprint density at radius 1 is 1.33 bits per heavy atom. The van der Waals surface area contributed by atoms with E-state index in [0.717, 1.165) is 25.7 Å². The minimum absolute atomic E-state index is 0.0208. The maximum atomic E-state index is 11.5. The summed E-state index contributed by atoms with van der Waals surface area (Å²) >= 11 is 0. The highest BCUT2D eigenvalue weighted by atomic mass is 32.2. The summed E-state index contributed by atoms with van der Waals surface area (Å²) in [7, 11) is -2.71. The van der Waals surface area contributed by atoms with Gasteiger partial charge < -0.3 is 0 Å². The first-order valence-electron chi connectivity index (χ1n) is 4.83. The van der Waals surface area contributed by atoms with Gasteiger partial charge in [-0.15, -0.1) is 0 Å². The van der Waals surface area contributed by atoms with Crippen molar-refractivity contribution < 1.29 is 8.42 Å². The molecule has 2 nitrogen and oxygen atoms in total. The lowest BCUT2D eigenvalue weighted by Gasteiger charge is -2.19. The predicted molar refractivity (Wildman–Crippen MR) is 50.9 cm³/mol. The van der Waals surface area contributed by atoms with Gasteiger partial charge in [0.05, 0.1) is 11.0 Å². The quantitative estimate of drug-likeness (QED) is 0.682. The number of hydrogen-bond acceptors (Lipinski definition) is 2. The van der Waals surface area contributed by atoms with Gasteiger partial charge >= 0.3 is 0 Å². The molecule has 0 saturated carbocycles. The van der Waals surface area contributed by atoms with E-state index in [-0.39, 0.29) is 5.25 Å².